The van der Waals surface area contributed by atoms with Gasteiger partial charge in [0.25, 0.3) is 0 Å². The van der Waals surface area contributed by atoms with Crippen LogP contribution < -0.4 is 9.80 Å². The van der Waals surface area contributed by atoms with Crippen LogP contribution >= 0.6 is 0 Å². The molecule has 0 aliphatic heterocycles. The van der Waals surface area contributed by atoms with E-state index >= 15 is 0 Å². The quantitative estimate of drug-likeness (QED) is 0.136. The number of benzene rings is 11. The average molecular weight is 855 g/mol. The topological polar surface area (TPSA) is 54.1 Å². The van der Waals surface area contributed by atoms with Crippen molar-refractivity contribution in [1.82, 2.24) is 0 Å². The largest absolute Gasteiger partial charge is 0.310 e. The van der Waals surface area contributed by atoms with Crippen molar-refractivity contribution >= 4 is 66.4 Å². The minimum atomic E-state index is 0.605. The van der Waals surface area contributed by atoms with Crippen LogP contribution in [0.5, 0.6) is 0 Å². The predicted octanol–water partition coefficient (Wildman–Crippen LogP) is 17.1. The van der Waals surface area contributed by atoms with Crippen molar-refractivity contribution < 1.29 is 0 Å². The number of hydrogen-bond acceptors (Lipinski definition) is 4. The van der Waals surface area contributed by atoms with Gasteiger partial charge < -0.3 is 9.80 Å². The Balaban J connectivity index is 1.19. The van der Waals surface area contributed by atoms with Crippen molar-refractivity contribution in [3.63, 3.8) is 0 Å². The van der Waals surface area contributed by atoms with Gasteiger partial charge in [0.1, 0.15) is 0 Å². The number of rotatable bonds is 9. The van der Waals surface area contributed by atoms with Gasteiger partial charge in [0.15, 0.2) is 0 Å². The van der Waals surface area contributed by atoms with E-state index in [-0.39, 0.29) is 0 Å². The molecule has 11 aromatic carbocycles. The molecule has 0 aliphatic carbocycles. The standard InChI is InChI=1S/C63H42N4/c1-43-16-29-53(30-17-43)67(55-33-28-47-12-8-9-13-51(47)38-55)57-35-37-59-61(40-57)63(50-24-20-45(42-65)21-25-50)58-36-34-56(39-60(58)62(59)49-22-18-44(41-64)19-23-49)66(52-14-6-3-7-15-52)54-31-26-48(27-32-54)46-10-4-2-5-11-46/h2-40H,1H3. The minimum absolute atomic E-state index is 0.605. The Morgan fingerprint density at radius 3 is 1.22 bits per heavy atom. The first-order valence-corrected chi connectivity index (χ1v) is 22.4. The van der Waals surface area contributed by atoms with Crippen molar-refractivity contribution in [2.75, 3.05) is 9.80 Å². The Hall–Kier alpha value is -9.22. The van der Waals surface area contributed by atoms with E-state index in [0.717, 1.165) is 88.9 Å². The summed E-state index contributed by atoms with van der Waals surface area (Å²) < 4.78 is 0. The van der Waals surface area contributed by atoms with Crippen LogP contribution in [0.4, 0.5) is 34.1 Å². The Labute approximate surface area is 390 Å². The molecule has 0 unspecified atom stereocenters. The second-order valence-electron chi connectivity index (χ2n) is 16.9. The summed E-state index contributed by atoms with van der Waals surface area (Å²) in [5.74, 6) is 0. The maximum atomic E-state index is 9.90. The van der Waals surface area contributed by atoms with Crippen LogP contribution in [0.3, 0.4) is 0 Å². The lowest BCUT2D eigenvalue weighted by atomic mass is 9.85. The number of para-hydroxylation sites is 1. The zero-order valence-electron chi connectivity index (χ0n) is 36.8. The van der Waals surface area contributed by atoms with E-state index in [1.807, 2.05) is 36.4 Å². The van der Waals surface area contributed by atoms with Gasteiger partial charge in [-0.1, -0.05) is 145 Å². The van der Waals surface area contributed by atoms with Gasteiger partial charge >= 0.3 is 0 Å². The lowest BCUT2D eigenvalue weighted by molar-refractivity contribution is 1.28. The Morgan fingerprint density at radius 2 is 0.687 bits per heavy atom. The van der Waals surface area contributed by atoms with Gasteiger partial charge in [0, 0.05) is 34.1 Å². The summed E-state index contributed by atoms with van der Waals surface area (Å²) in [6, 6.07) is 87.7. The Bertz CT molecular complexity index is 3680. The van der Waals surface area contributed by atoms with Crippen molar-refractivity contribution in [2.24, 2.45) is 0 Å². The summed E-state index contributed by atoms with van der Waals surface area (Å²) in [5, 5.41) is 26.4. The highest BCUT2D eigenvalue weighted by atomic mass is 15.1. The molecule has 4 heteroatoms. The van der Waals surface area contributed by atoms with Gasteiger partial charge in [0.2, 0.25) is 0 Å². The Kier molecular flexibility index (Phi) is 10.5. The molecular weight excluding hydrogens is 813 g/mol. The number of anilines is 6. The monoisotopic (exact) mass is 854 g/mol. The second kappa shape index (κ2) is 17.4. The van der Waals surface area contributed by atoms with E-state index in [2.05, 4.69) is 229 Å². The number of aryl methyl sites for hydroxylation is 1. The first-order valence-electron chi connectivity index (χ1n) is 22.4. The lowest BCUT2D eigenvalue weighted by Gasteiger charge is -2.28. The molecule has 0 spiro atoms. The van der Waals surface area contributed by atoms with E-state index < -0.39 is 0 Å². The number of nitriles is 2. The van der Waals surface area contributed by atoms with Gasteiger partial charge in [-0.25, -0.2) is 0 Å². The van der Waals surface area contributed by atoms with E-state index in [0.29, 0.717) is 11.1 Å². The average Bonchev–Trinajstić information content (AvgIpc) is 3.39. The summed E-state index contributed by atoms with van der Waals surface area (Å²) in [4.78, 5) is 4.65. The maximum Gasteiger partial charge on any atom is 0.0991 e. The zero-order valence-corrected chi connectivity index (χ0v) is 36.8. The van der Waals surface area contributed by atoms with Crippen LogP contribution in [-0.2, 0) is 0 Å². The molecule has 0 saturated heterocycles. The minimum Gasteiger partial charge on any atom is -0.310 e. The second-order valence-corrected chi connectivity index (χ2v) is 16.9. The fraction of sp³-hybridized carbons (Fsp3) is 0.0159. The van der Waals surface area contributed by atoms with Crippen LogP contribution in [-0.4, -0.2) is 0 Å². The van der Waals surface area contributed by atoms with Crippen molar-refractivity contribution in [1.29, 1.82) is 10.5 Å². The molecule has 0 heterocycles. The maximum absolute atomic E-state index is 9.90. The van der Waals surface area contributed by atoms with Crippen LogP contribution in [0.1, 0.15) is 16.7 Å². The molecule has 0 saturated carbocycles. The fourth-order valence-corrected chi connectivity index (χ4v) is 9.44. The fourth-order valence-electron chi connectivity index (χ4n) is 9.44. The summed E-state index contributed by atoms with van der Waals surface area (Å²) in [6.07, 6.45) is 0. The molecule has 11 rings (SSSR count). The van der Waals surface area contributed by atoms with Crippen LogP contribution in [0, 0.1) is 29.6 Å². The molecule has 0 aromatic heterocycles. The first kappa shape index (κ1) is 40.5. The van der Waals surface area contributed by atoms with Crippen molar-refractivity contribution in [3.8, 4) is 45.5 Å². The molecule has 0 radical (unpaired) electrons. The molecule has 0 atom stereocenters. The van der Waals surface area contributed by atoms with Gasteiger partial charge in [-0.2, -0.15) is 10.5 Å². The lowest BCUT2D eigenvalue weighted by Crippen LogP contribution is -2.10. The van der Waals surface area contributed by atoms with E-state index in [1.165, 1.54) is 16.5 Å². The molecule has 0 amide bonds. The van der Waals surface area contributed by atoms with E-state index in [4.69, 9.17) is 0 Å². The van der Waals surface area contributed by atoms with E-state index in [9.17, 15) is 10.5 Å². The van der Waals surface area contributed by atoms with Gasteiger partial charge in [-0.15, -0.1) is 0 Å². The van der Waals surface area contributed by atoms with Crippen LogP contribution in [0.15, 0.2) is 237 Å². The summed E-state index contributed by atoms with van der Waals surface area (Å²) >= 11 is 0. The molecule has 4 nitrogen and oxygen atoms in total. The number of nitrogens with zero attached hydrogens (tertiary/aromatic N) is 4. The number of fused-ring (bicyclic) bond motifs is 3. The SMILES string of the molecule is Cc1ccc(N(c2ccc3ccccc3c2)c2ccc3c(-c4ccc(C#N)cc4)c4cc(N(c5ccccc5)c5ccc(-c6ccccc6)cc5)ccc4c(-c4ccc(C#N)cc4)c3c2)cc1. The molecule has 0 aliphatic rings. The highest BCUT2D eigenvalue weighted by Gasteiger charge is 2.22. The van der Waals surface area contributed by atoms with Crippen LogP contribution in [0.2, 0.25) is 0 Å². The molecule has 0 fully saturated rings. The summed E-state index contributed by atoms with van der Waals surface area (Å²) in [5.41, 5.74) is 15.1. The smallest absolute Gasteiger partial charge is 0.0991 e. The third kappa shape index (κ3) is 7.70. The Morgan fingerprint density at radius 1 is 0.299 bits per heavy atom. The molecule has 11 aromatic rings. The number of hydrogen-bond donors (Lipinski definition) is 0. The molecule has 67 heavy (non-hydrogen) atoms. The van der Waals surface area contributed by atoms with Crippen molar-refractivity contribution in [3.05, 3.63) is 253 Å². The summed E-state index contributed by atoms with van der Waals surface area (Å²) in [7, 11) is 0. The molecule has 314 valence electrons. The summed E-state index contributed by atoms with van der Waals surface area (Å²) in [6.45, 7) is 2.12. The zero-order chi connectivity index (χ0) is 45.3. The van der Waals surface area contributed by atoms with Gasteiger partial charge in [-0.05, 0) is 170 Å². The van der Waals surface area contributed by atoms with E-state index in [1.54, 1.807) is 0 Å². The third-order valence-electron chi connectivity index (χ3n) is 12.7. The first-order chi connectivity index (χ1) is 33.0. The normalized spacial score (nSPS) is 11.0. The van der Waals surface area contributed by atoms with Gasteiger partial charge in [-0.3, -0.25) is 0 Å². The highest BCUT2D eigenvalue weighted by molar-refractivity contribution is 6.22. The van der Waals surface area contributed by atoms with Gasteiger partial charge in [0.05, 0.1) is 23.3 Å². The molecule has 0 N–H and O–H groups in total. The van der Waals surface area contributed by atoms with Crippen LogP contribution in [0.25, 0.3) is 65.7 Å². The highest BCUT2D eigenvalue weighted by Crippen LogP contribution is 2.48. The third-order valence-corrected chi connectivity index (χ3v) is 12.7. The molecule has 0 bridgehead atoms. The predicted molar refractivity (Wildman–Crippen MR) is 279 cm³/mol. The van der Waals surface area contributed by atoms with Crippen molar-refractivity contribution in [2.45, 2.75) is 6.92 Å². The molecular formula is C63H42N4.